The van der Waals surface area contributed by atoms with E-state index in [0.29, 0.717) is 16.5 Å². The number of hydrogen-bond donors (Lipinski definition) is 0. The fourth-order valence-electron chi connectivity index (χ4n) is 0.882. The van der Waals surface area contributed by atoms with Gasteiger partial charge in [-0.2, -0.15) is 0 Å². The second-order valence-electron chi connectivity index (χ2n) is 2.87. The molecule has 0 saturated heterocycles. The molecule has 12 heavy (non-hydrogen) atoms. The van der Waals surface area contributed by atoms with Gasteiger partial charge in [0.25, 0.3) is 0 Å². The van der Waals surface area contributed by atoms with Crippen LogP contribution in [0, 0.1) is 5.21 Å². The van der Waals surface area contributed by atoms with Crippen molar-refractivity contribution in [3.05, 3.63) is 5.21 Å². The van der Waals surface area contributed by atoms with E-state index in [1.165, 1.54) is 0 Å². The molecule has 0 aliphatic carbocycles. The topological polar surface area (TPSA) is 59.5 Å². The summed E-state index contributed by atoms with van der Waals surface area (Å²) < 4.78 is 4.45. The van der Waals surface area contributed by atoms with E-state index in [1.54, 1.807) is 38.0 Å². The van der Waals surface area contributed by atoms with Crippen molar-refractivity contribution in [2.24, 2.45) is 0 Å². The van der Waals surface area contributed by atoms with E-state index in [9.17, 15) is 5.21 Å². The van der Waals surface area contributed by atoms with Gasteiger partial charge in [-0.1, -0.05) is 4.90 Å². The molecule has 0 aliphatic heterocycles. The molecule has 68 valence electrons. The summed E-state index contributed by atoms with van der Waals surface area (Å²) in [6, 6.07) is 0. The van der Waals surface area contributed by atoms with E-state index < -0.39 is 0 Å². The van der Waals surface area contributed by atoms with Gasteiger partial charge in [0.1, 0.15) is 0 Å². The van der Waals surface area contributed by atoms with Crippen LogP contribution < -0.4 is 14.7 Å². The van der Waals surface area contributed by atoms with Crippen molar-refractivity contribution >= 4 is 11.6 Å². The van der Waals surface area contributed by atoms with Crippen molar-refractivity contribution < 1.29 is 9.53 Å². The number of aromatic nitrogens is 2. The first kappa shape index (κ1) is 8.63. The molecule has 0 aliphatic rings. The molecule has 1 rings (SSSR count). The molecule has 0 aromatic carbocycles. The lowest BCUT2D eigenvalue weighted by molar-refractivity contribution is -0.792. The molecule has 6 nitrogen and oxygen atoms in total. The Morgan fingerprint density at radius 2 is 1.83 bits per heavy atom. The van der Waals surface area contributed by atoms with E-state index in [2.05, 4.69) is 9.79 Å². The van der Waals surface area contributed by atoms with Crippen LogP contribution in [-0.2, 0) is 0 Å². The Bertz CT molecular complexity index is 269. The lowest BCUT2D eigenvalue weighted by atomic mass is 10.5. The predicted molar refractivity (Wildman–Crippen MR) is 44.1 cm³/mol. The molecular formula is C6H12N4O2. The first-order valence-electron chi connectivity index (χ1n) is 3.48. The van der Waals surface area contributed by atoms with Gasteiger partial charge in [-0.3, -0.25) is 4.90 Å². The Labute approximate surface area is 70.5 Å². The van der Waals surface area contributed by atoms with Crippen molar-refractivity contribution in [2.75, 3.05) is 38.0 Å². The smallest absolute Gasteiger partial charge is 0.321 e. The van der Waals surface area contributed by atoms with Gasteiger partial charge in [0.05, 0.1) is 14.1 Å². The molecule has 0 N–H and O–H groups in total. The lowest BCUT2D eigenvalue weighted by Crippen LogP contribution is -2.32. The Hall–Kier alpha value is -1.46. The fourth-order valence-corrected chi connectivity index (χ4v) is 0.882. The molecule has 0 atom stereocenters. The van der Waals surface area contributed by atoms with Gasteiger partial charge < -0.3 is 14.7 Å². The monoisotopic (exact) mass is 172 g/mol. The highest BCUT2D eigenvalue weighted by Gasteiger charge is 2.21. The van der Waals surface area contributed by atoms with Crippen LogP contribution in [0.5, 0.6) is 0 Å². The molecule has 0 bridgehead atoms. The normalized spacial score (nSPS) is 10.0. The highest BCUT2D eigenvalue weighted by molar-refractivity contribution is 5.56. The first-order chi connectivity index (χ1) is 5.54. The molecule has 0 radical (unpaired) electrons. The SMILES string of the molecule is CN(C)c1no[n+]([O-])c1N(C)C. The van der Waals surface area contributed by atoms with Gasteiger partial charge in [-0.15, -0.1) is 0 Å². The van der Waals surface area contributed by atoms with Crippen molar-refractivity contribution in [3.63, 3.8) is 0 Å². The van der Waals surface area contributed by atoms with Crippen LogP contribution in [0.25, 0.3) is 0 Å². The molecule has 6 heteroatoms. The Morgan fingerprint density at radius 1 is 1.25 bits per heavy atom. The molecule has 1 aromatic heterocycles. The minimum Gasteiger partial charge on any atom is -0.391 e. The summed E-state index contributed by atoms with van der Waals surface area (Å²) in [5, 5.41) is 14.6. The van der Waals surface area contributed by atoms with E-state index in [0.717, 1.165) is 0 Å². The van der Waals surface area contributed by atoms with Gasteiger partial charge >= 0.3 is 11.6 Å². The Morgan fingerprint density at radius 3 is 2.17 bits per heavy atom. The zero-order valence-corrected chi connectivity index (χ0v) is 7.61. The molecule has 1 heterocycles. The summed E-state index contributed by atoms with van der Waals surface area (Å²) in [4.78, 5) is 3.75. The second-order valence-corrected chi connectivity index (χ2v) is 2.87. The van der Waals surface area contributed by atoms with Crippen LogP contribution in [0.15, 0.2) is 4.63 Å². The van der Waals surface area contributed by atoms with Crippen molar-refractivity contribution in [3.8, 4) is 0 Å². The lowest BCUT2D eigenvalue weighted by Gasteiger charge is -2.10. The Balaban J connectivity index is 3.12. The average Bonchev–Trinajstić information content (AvgIpc) is 2.30. The molecule has 1 aromatic rings. The van der Waals surface area contributed by atoms with Crippen LogP contribution in [0.4, 0.5) is 11.6 Å². The molecular weight excluding hydrogens is 160 g/mol. The quantitative estimate of drug-likeness (QED) is 0.560. The molecule has 0 spiro atoms. The molecule has 0 amide bonds. The molecule has 0 fully saturated rings. The zero-order chi connectivity index (χ0) is 9.30. The minimum absolute atomic E-state index is 0.384. The number of rotatable bonds is 2. The first-order valence-corrected chi connectivity index (χ1v) is 3.48. The number of nitrogens with zero attached hydrogens (tertiary/aromatic N) is 4. The summed E-state index contributed by atoms with van der Waals surface area (Å²) in [6.07, 6.45) is 0. The van der Waals surface area contributed by atoms with E-state index in [4.69, 9.17) is 0 Å². The van der Waals surface area contributed by atoms with Crippen molar-refractivity contribution in [2.45, 2.75) is 0 Å². The van der Waals surface area contributed by atoms with Crippen molar-refractivity contribution in [1.82, 2.24) is 5.16 Å². The van der Waals surface area contributed by atoms with Crippen molar-refractivity contribution in [1.29, 1.82) is 0 Å². The van der Waals surface area contributed by atoms with Gasteiger partial charge in [0.15, 0.2) is 0 Å². The van der Waals surface area contributed by atoms with E-state index in [1.807, 2.05) is 0 Å². The van der Waals surface area contributed by atoms with E-state index in [-0.39, 0.29) is 0 Å². The third-order valence-corrected chi connectivity index (χ3v) is 1.42. The average molecular weight is 172 g/mol. The second kappa shape index (κ2) is 2.88. The van der Waals surface area contributed by atoms with Gasteiger partial charge in [-0.05, 0) is 5.16 Å². The number of anilines is 2. The maximum absolute atomic E-state index is 11.0. The number of hydrogen-bond acceptors (Lipinski definition) is 5. The molecule has 0 saturated carbocycles. The summed E-state index contributed by atoms with van der Waals surface area (Å²) in [6.45, 7) is 0. The highest BCUT2D eigenvalue weighted by Crippen LogP contribution is 2.18. The summed E-state index contributed by atoms with van der Waals surface area (Å²) in [5.41, 5.74) is 0. The van der Waals surface area contributed by atoms with Crippen LogP contribution in [0.2, 0.25) is 0 Å². The van der Waals surface area contributed by atoms with Crippen LogP contribution >= 0.6 is 0 Å². The fraction of sp³-hybridized carbons (Fsp3) is 0.667. The van der Waals surface area contributed by atoms with E-state index >= 15 is 0 Å². The maximum atomic E-state index is 11.0. The molecule has 0 unspecified atom stereocenters. The third-order valence-electron chi connectivity index (χ3n) is 1.42. The largest absolute Gasteiger partial charge is 0.391 e. The Kier molecular flexibility index (Phi) is 2.07. The van der Waals surface area contributed by atoms with Gasteiger partial charge in [0, 0.05) is 14.1 Å². The zero-order valence-electron chi connectivity index (χ0n) is 7.61. The van der Waals surface area contributed by atoms with Gasteiger partial charge in [0.2, 0.25) is 0 Å². The van der Waals surface area contributed by atoms with Crippen LogP contribution in [-0.4, -0.2) is 33.3 Å². The predicted octanol–water partition coefficient (Wildman–Crippen LogP) is -0.560. The third kappa shape index (κ3) is 1.27. The van der Waals surface area contributed by atoms with Gasteiger partial charge in [-0.25, -0.2) is 0 Å². The summed E-state index contributed by atoms with van der Waals surface area (Å²) in [5.74, 6) is 0.926. The summed E-state index contributed by atoms with van der Waals surface area (Å²) in [7, 11) is 7.11. The highest BCUT2D eigenvalue weighted by atomic mass is 16.8. The standard InChI is InChI=1S/C6H12N4O2/c1-8(2)5-6(9(3)4)10(11)12-7-5/h1-4H3. The summed E-state index contributed by atoms with van der Waals surface area (Å²) >= 11 is 0. The maximum Gasteiger partial charge on any atom is 0.321 e. The van der Waals surface area contributed by atoms with Crippen LogP contribution in [0.1, 0.15) is 0 Å². The van der Waals surface area contributed by atoms with Crippen LogP contribution in [0.3, 0.4) is 0 Å². The minimum atomic E-state index is 0.384.